The van der Waals surface area contributed by atoms with Crippen LogP contribution in [-0.4, -0.2) is 24.6 Å². The van der Waals surface area contributed by atoms with Crippen LogP contribution < -0.4 is 0 Å². The van der Waals surface area contributed by atoms with Gasteiger partial charge >= 0.3 is 5.97 Å². The van der Waals surface area contributed by atoms with Gasteiger partial charge < -0.3 is 4.74 Å². The van der Waals surface area contributed by atoms with Crippen molar-refractivity contribution in [3.8, 4) is 0 Å². The summed E-state index contributed by atoms with van der Waals surface area (Å²) in [6.45, 7) is 4.79. The van der Waals surface area contributed by atoms with E-state index < -0.39 is 17.7 Å². The number of hydrogen-bond acceptors (Lipinski definition) is 4. The van der Waals surface area contributed by atoms with E-state index in [-0.39, 0.29) is 11.7 Å². The molecule has 0 aliphatic rings. The average molecular weight is 186 g/mol. The summed E-state index contributed by atoms with van der Waals surface area (Å²) in [5.41, 5.74) is 0. The van der Waals surface area contributed by atoms with Crippen LogP contribution in [0.3, 0.4) is 0 Å². The van der Waals surface area contributed by atoms with E-state index in [4.69, 9.17) is 0 Å². The van der Waals surface area contributed by atoms with Crippen LogP contribution in [0.15, 0.2) is 0 Å². The first kappa shape index (κ1) is 11.8. The van der Waals surface area contributed by atoms with Crippen molar-refractivity contribution >= 4 is 17.5 Å². The molecule has 0 bridgehead atoms. The van der Waals surface area contributed by atoms with Gasteiger partial charge in [0.25, 0.3) is 0 Å². The quantitative estimate of drug-likeness (QED) is 0.366. The molecule has 1 atom stereocenters. The van der Waals surface area contributed by atoms with Gasteiger partial charge in [-0.1, -0.05) is 13.8 Å². The van der Waals surface area contributed by atoms with Gasteiger partial charge in [-0.2, -0.15) is 0 Å². The molecule has 0 aromatic rings. The van der Waals surface area contributed by atoms with E-state index in [2.05, 4.69) is 4.74 Å². The number of Topliss-reactive ketones (excluding diaryl/α,β-unsaturated/α-hetero) is 2. The van der Waals surface area contributed by atoms with E-state index >= 15 is 0 Å². The van der Waals surface area contributed by atoms with E-state index in [1.165, 1.54) is 6.92 Å². The van der Waals surface area contributed by atoms with Gasteiger partial charge in [-0.3, -0.25) is 9.59 Å². The molecule has 4 heteroatoms. The molecular weight excluding hydrogens is 172 g/mol. The highest BCUT2D eigenvalue weighted by Gasteiger charge is 2.29. The third kappa shape index (κ3) is 2.97. The fraction of sp³-hybridized carbons (Fsp3) is 0.667. The van der Waals surface area contributed by atoms with Gasteiger partial charge in [-0.05, 0) is 6.92 Å². The summed E-state index contributed by atoms with van der Waals surface area (Å²) in [6, 6.07) is 0. The van der Waals surface area contributed by atoms with Crippen molar-refractivity contribution in [1.82, 2.24) is 0 Å². The molecular formula is C9H14O4. The van der Waals surface area contributed by atoms with Gasteiger partial charge in [0.1, 0.15) is 5.78 Å². The van der Waals surface area contributed by atoms with Crippen molar-refractivity contribution in [2.24, 2.45) is 11.8 Å². The Bertz CT molecular complexity index is 230. The zero-order valence-electron chi connectivity index (χ0n) is 8.29. The van der Waals surface area contributed by atoms with Gasteiger partial charge in [0.2, 0.25) is 5.78 Å². The summed E-state index contributed by atoms with van der Waals surface area (Å²) < 4.78 is 4.22. The lowest BCUT2D eigenvalue weighted by molar-refractivity contribution is -0.155. The lowest BCUT2D eigenvalue weighted by Gasteiger charge is -2.09. The Labute approximate surface area is 77.3 Å². The van der Waals surface area contributed by atoms with Crippen LogP contribution in [0.2, 0.25) is 0 Å². The van der Waals surface area contributed by atoms with Crippen molar-refractivity contribution in [3.63, 3.8) is 0 Å². The molecule has 0 rings (SSSR count). The molecule has 1 unspecified atom stereocenters. The number of ether oxygens (including phenoxy) is 1. The number of carbonyl (C=O) groups is 3. The fourth-order valence-corrected chi connectivity index (χ4v) is 0.907. The van der Waals surface area contributed by atoms with Crippen LogP contribution in [0.4, 0.5) is 0 Å². The predicted molar refractivity (Wildman–Crippen MR) is 46.0 cm³/mol. The maximum Gasteiger partial charge on any atom is 0.375 e. The average Bonchev–Trinajstić information content (AvgIpc) is 2.12. The summed E-state index contributed by atoms with van der Waals surface area (Å²) in [5, 5.41) is 0. The summed E-state index contributed by atoms with van der Waals surface area (Å²) in [4.78, 5) is 33.2. The van der Waals surface area contributed by atoms with Crippen LogP contribution in [0.25, 0.3) is 0 Å². The number of carbonyl (C=O) groups excluding carboxylic acids is 3. The van der Waals surface area contributed by atoms with Crippen LogP contribution in [0.5, 0.6) is 0 Å². The van der Waals surface area contributed by atoms with Gasteiger partial charge in [-0.25, -0.2) is 4.79 Å². The van der Waals surface area contributed by atoms with Gasteiger partial charge in [0.15, 0.2) is 0 Å². The van der Waals surface area contributed by atoms with Crippen molar-refractivity contribution < 1.29 is 19.1 Å². The highest BCUT2D eigenvalue weighted by Crippen LogP contribution is 2.08. The third-order valence-electron chi connectivity index (χ3n) is 1.78. The first-order valence-electron chi connectivity index (χ1n) is 4.07. The molecule has 4 nitrogen and oxygen atoms in total. The minimum absolute atomic E-state index is 0.240. The summed E-state index contributed by atoms with van der Waals surface area (Å²) in [6.07, 6.45) is 0. The molecule has 0 spiro atoms. The zero-order chi connectivity index (χ0) is 10.6. The molecule has 0 aromatic heterocycles. The van der Waals surface area contributed by atoms with Crippen molar-refractivity contribution in [2.45, 2.75) is 20.8 Å². The highest BCUT2D eigenvalue weighted by molar-refractivity contribution is 6.38. The van der Waals surface area contributed by atoms with Crippen molar-refractivity contribution in [2.75, 3.05) is 7.11 Å². The molecule has 0 saturated heterocycles. The van der Waals surface area contributed by atoms with Gasteiger partial charge in [0.05, 0.1) is 13.0 Å². The van der Waals surface area contributed by atoms with E-state index in [0.29, 0.717) is 0 Å². The minimum Gasteiger partial charge on any atom is -0.463 e. The van der Waals surface area contributed by atoms with E-state index in [0.717, 1.165) is 7.11 Å². The second kappa shape index (κ2) is 4.74. The molecule has 0 amide bonds. The number of rotatable bonds is 4. The van der Waals surface area contributed by atoms with Crippen LogP contribution in [0.1, 0.15) is 20.8 Å². The highest BCUT2D eigenvalue weighted by atomic mass is 16.5. The second-order valence-corrected chi connectivity index (χ2v) is 3.13. The predicted octanol–water partition coefficient (Wildman–Crippen LogP) is 0.590. The number of ketones is 2. The Kier molecular flexibility index (Phi) is 4.31. The normalized spacial score (nSPS) is 12.4. The van der Waals surface area contributed by atoms with E-state index in [1.807, 2.05) is 0 Å². The van der Waals surface area contributed by atoms with E-state index in [9.17, 15) is 14.4 Å². The number of hydrogen-bond donors (Lipinski definition) is 0. The third-order valence-corrected chi connectivity index (χ3v) is 1.78. The topological polar surface area (TPSA) is 60.4 Å². The van der Waals surface area contributed by atoms with Gasteiger partial charge in [0, 0.05) is 5.92 Å². The maximum atomic E-state index is 11.3. The summed E-state index contributed by atoms with van der Waals surface area (Å²) in [5.74, 6) is -3.12. The monoisotopic (exact) mass is 186 g/mol. The lowest BCUT2D eigenvalue weighted by Crippen LogP contribution is -2.31. The first-order chi connectivity index (χ1) is 5.91. The standard InChI is InChI=1S/C9H14O4/c1-5(2)7(10)6(3)8(11)9(12)13-4/h5-6H,1-4H3. The van der Waals surface area contributed by atoms with Gasteiger partial charge in [-0.15, -0.1) is 0 Å². The first-order valence-corrected chi connectivity index (χ1v) is 4.07. The molecule has 0 fully saturated rings. The molecule has 13 heavy (non-hydrogen) atoms. The SMILES string of the molecule is COC(=O)C(=O)C(C)C(=O)C(C)C. The molecule has 0 saturated carbocycles. The largest absolute Gasteiger partial charge is 0.463 e. The van der Waals surface area contributed by atoms with Crippen molar-refractivity contribution in [1.29, 1.82) is 0 Å². The minimum atomic E-state index is -0.957. The molecule has 74 valence electrons. The molecule has 0 aromatic carbocycles. The zero-order valence-corrected chi connectivity index (χ0v) is 8.29. The Balaban J connectivity index is 4.43. The maximum absolute atomic E-state index is 11.3. The molecule has 0 radical (unpaired) electrons. The number of methoxy groups -OCH3 is 1. The second-order valence-electron chi connectivity index (χ2n) is 3.13. The Morgan fingerprint density at radius 3 is 1.85 bits per heavy atom. The van der Waals surface area contributed by atoms with Crippen LogP contribution in [-0.2, 0) is 19.1 Å². The van der Waals surface area contributed by atoms with Crippen LogP contribution in [0, 0.1) is 11.8 Å². The Hall–Kier alpha value is -1.19. The molecule has 0 aliphatic carbocycles. The summed E-state index contributed by atoms with van der Waals surface area (Å²) >= 11 is 0. The molecule has 0 heterocycles. The molecule has 0 aliphatic heterocycles. The summed E-state index contributed by atoms with van der Waals surface area (Å²) in [7, 11) is 1.12. The number of esters is 1. The smallest absolute Gasteiger partial charge is 0.375 e. The Morgan fingerprint density at radius 2 is 1.54 bits per heavy atom. The fourth-order valence-electron chi connectivity index (χ4n) is 0.907. The Morgan fingerprint density at radius 1 is 1.08 bits per heavy atom. The van der Waals surface area contributed by atoms with Crippen LogP contribution >= 0.6 is 0 Å². The lowest BCUT2D eigenvalue weighted by atomic mass is 9.93. The molecule has 0 N–H and O–H groups in total. The van der Waals surface area contributed by atoms with E-state index in [1.54, 1.807) is 13.8 Å². The van der Waals surface area contributed by atoms with Crippen molar-refractivity contribution in [3.05, 3.63) is 0 Å².